The van der Waals surface area contributed by atoms with Crippen molar-refractivity contribution in [2.45, 2.75) is 13.0 Å². The number of rotatable bonds is 7. The summed E-state index contributed by atoms with van der Waals surface area (Å²) in [5, 5.41) is 3.12. The zero-order chi connectivity index (χ0) is 16.5. The van der Waals surface area contributed by atoms with Crippen molar-refractivity contribution >= 4 is 5.96 Å². The molecule has 0 aromatic heterocycles. The number of guanidine groups is 1. The molecule has 0 heterocycles. The first-order valence-electron chi connectivity index (χ1n) is 7.51. The van der Waals surface area contributed by atoms with Crippen molar-refractivity contribution in [3.63, 3.8) is 0 Å². The fourth-order valence-electron chi connectivity index (χ4n) is 2.19. The van der Waals surface area contributed by atoms with Gasteiger partial charge in [0.25, 0.3) is 0 Å². The minimum absolute atomic E-state index is 0.453. The molecule has 2 aromatic rings. The standard InChI is InChI=1S/C18H23N3O2/c1-22-16-9-8-14(12-17(16)23-2)10-11-20-18(19)21-13-15-6-4-3-5-7-15/h3-9,12H,10-11,13H2,1-2H3,(H3,19,20,21). The number of methoxy groups -OCH3 is 2. The van der Waals surface area contributed by atoms with Gasteiger partial charge in [-0.05, 0) is 29.7 Å². The average molecular weight is 313 g/mol. The Bertz CT molecular complexity index is 642. The molecule has 122 valence electrons. The van der Waals surface area contributed by atoms with Gasteiger partial charge in [-0.25, -0.2) is 4.99 Å². The number of ether oxygens (including phenoxy) is 2. The molecule has 0 saturated carbocycles. The Labute approximate surface area is 137 Å². The van der Waals surface area contributed by atoms with Crippen LogP contribution in [0.3, 0.4) is 0 Å². The highest BCUT2D eigenvalue weighted by Crippen LogP contribution is 2.27. The van der Waals surface area contributed by atoms with Crippen LogP contribution < -0.4 is 20.5 Å². The minimum atomic E-state index is 0.453. The van der Waals surface area contributed by atoms with E-state index in [0.717, 1.165) is 29.0 Å². The van der Waals surface area contributed by atoms with Gasteiger partial charge in [0.15, 0.2) is 17.5 Å². The van der Waals surface area contributed by atoms with Crippen LogP contribution in [0.1, 0.15) is 11.1 Å². The van der Waals surface area contributed by atoms with Crippen molar-refractivity contribution in [3.8, 4) is 11.5 Å². The molecule has 0 aliphatic rings. The maximum Gasteiger partial charge on any atom is 0.188 e. The fraction of sp³-hybridized carbons (Fsp3) is 0.278. The molecule has 0 radical (unpaired) electrons. The summed E-state index contributed by atoms with van der Waals surface area (Å²) in [6.45, 7) is 1.29. The molecule has 5 heteroatoms. The van der Waals surface area contributed by atoms with E-state index in [0.29, 0.717) is 19.0 Å². The second-order valence-corrected chi connectivity index (χ2v) is 5.05. The molecule has 2 aromatic carbocycles. The molecule has 2 rings (SSSR count). The molecule has 0 unspecified atom stereocenters. The normalized spacial score (nSPS) is 11.1. The molecule has 0 bridgehead atoms. The van der Waals surface area contributed by atoms with Gasteiger partial charge in [0.1, 0.15) is 0 Å². The zero-order valence-electron chi connectivity index (χ0n) is 13.6. The smallest absolute Gasteiger partial charge is 0.188 e. The van der Waals surface area contributed by atoms with Crippen molar-refractivity contribution in [2.24, 2.45) is 10.7 Å². The molecular formula is C18H23N3O2. The van der Waals surface area contributed by atoms with Crippen molar-refractivity contribution in [2.75, 3.05) is 20.8 Å². The summed E-state index contributed by atoms with van der Waals surface area (Å²) in [5.74, 6) is 1.91. The van der Waals surface area contributed by atoms with Gasteiger partial charge in [0, 0.05) is 6.54 Å². The maximum atomic E-state index is 5.88. The zero-order valence-corrected chi connectivity index (χ0v) is 13.6. The fourth-order valence-corrected chi connectivity index (χ4v) is 2.19. The van der Waals surface area contributed by atoms with Crippen LogP contribution >= 0.6 is 0 Å². The molecule has 0 atom stereocenters. The molecule has 0 saturated heterocycles. The molecule has 23 heavy (non-hydrogen) atoms. The first-order chi connectivity index (χ1) is 11.2. The molecule has 0 amide bonds. The molecule has 3 N–H and O–H groups in total. The lowest BCUT2D eigenvalue weighted by molar-refractivity contribution is 0.354. The lowest BCUT2D eigenvalue weighted by atomic mass is 10.1. The summed E-state index contributed by atoms with van der Waals surface area (Å²) in [6.07, 6.45) is 0.821. The highest BCUT2D eigenvalue weighted by Gasteiger charge is 2.04. The van der Waals surface area contributed by atoms with E-state index in [-0.39, 0.29) is 0 Å². The van der Waals surface area contributed by atoms with E-state index in [1.807, 2.05) is 48.5 Å². The van der Waals surface area contributed by atoms with Gasteiger partial charge in [-0.2, -0.15) is 0 Å². The van der Waals surface area contributed by atoms with E-state index in [4.69, 9.17) is 15.2 Å². The number of nitrogens with zero attached hydrogens (tertiary/aromatic N) is 1. The summed E-state index contributed by atoms with van der Waals surface area (Å²) in [4.78, 5) is 4.33. The van der Waals surface area contributed by atoms with Crippen LogP contribution in [-0.2, 0) is 13.0 Å². The third-order valence-corrected chi connectivity index (χ3v) is 3.44. The second-order valence-electron chi connectivity index (χ2n) is 5.05. The number of hydrogen-bond acceptors (Lipinski definition) is 3. The lowest BCUT2D eigenvalue weighted by Gasteiger charge is -2.10. The molecule has 0 spiro atoms. The molecule has 0 aliphatic carbocycles. The summed E-state index contributed by atoms with van der Waals surface area (Å²) < 4.78 is 10.5. The highest BCUT2D eigenvalue weighted by atomic mass is 16.5. The second kappa shape index (κ2) is 8.68. The highest BCUT2D eigenvalue weighted by molar-refractivity contribution is 5.77. The van der Waals surface area contributed by atoms with Gasteiger partial charge in [-0.1, -0.05) is 36.4 Å². The Morgan fingerprint density at radius 2 is 1.74 bits per heavy atom. The topological polar surface area (TPSA) is 68.9 Å². The van der Waals surface area contributed by atoms with Crippen LogP contribution in [0.2, 0.25) is 0 Å². The van der Waals surface area contributed by atoms with Gasteiger partial charge in [-0.15, -0.1) is 0 Å². The van der Waals surface area contributed by atoms with Gasteiger partial charge >= 0.3 is 0 Å². The molecule has 0 fully saturated rings. The summed E-state index contributed by atoms with van der Waals surface area (Å²) in [5.41, 5.74) is 8.16. The number of aliphatic imine (C=N–C) groups is 1. The van der Waals surface area contributed by atoms with Gasteiger partial charge < -0.3 is 20.5 Å². The van der Waals surface area contributed by atoms with Crippen LogP contribution in [0.25, 0.3) is 0 Å². The third kappa shape index (κ3) is 5.21. The molecular weight excluding hydrogens is 290 g/mol. The summed E-state index contributed by atoms with van der Waals surface area (Å²) in [6, 6.07) is 15.9. The third-order valence-electron chi connectivity index (χ3n) is 3.44. The Morgan fingerprint density at radius 1 is 1.00 bits per heavy atom. The molecule has 5 nitrogen and oxygen atoms in total. The van der Waals surface area contributed by atoms with E-state index >= 15 is 0 Å². The predicted octanol–water partition coefficient (Wildman–Crippen LogP) is 2.35. The number of nitrogens with one attached hydrogen (secondary N) is 1. The predicted molar refractivity (Wildman–Crippen MR) is 93.0 cm³/mol. The van der Waals surface area contributed by atoms with Crippen LogP contribution in [0, 0.1) is 0 Å². The maximum absolute atomic E-state index is 5.88. The number of benzene rings is 2. The van der Waals surface area contributed by atoms with Gasteiger partial charge in [0.2, 0.25) is 0 Å². The van der Waals surface area contributed by atoms with E-state index in [2.05, 4.69) is 10.3 Å². The Hall–Kier alpha value is -2.69. The van der Waals surface area contributed by atoms with E-state index in [1.165, 1.54) is 0 Å². The van der Waals surface area contributed by atoms with E-state index in [1.54, 1.807) is 14.2 Å². The Balaban J connectivity index is 1.82. The van der Waals surface area contributed by atoms with Crippen molar-refractivity contribution in [1.29, 1.82) is 0 Å². The SMILES string of the molecule is COc1ccc(CCNC(N)=NCc2ccccc2)cc1OC. The van der Waals surface area contributed by atoms with Crippen LogP contribution in [0.5, 0.6) is 11.5 Å². The van der Waals surface area contributed by atoms with Crippen molar-refractivity contribution in [1.82, 2.24) is 5.32 Å². The quantitative estimate of drug-likeness (QED) is 0.608. The van der Waals surface area contributed by atoms with Crippen LogP contribution in [0.4, 0.5) is 0 Å². The van der Waals surface area contributed by atoms with Crippen LogP contribution in [-0.4, -0.2) is 26.7 Å². The van der Waals surface area contributed by atoms with Gasteiger partial charge in [0.05, 0.1) is 20.8 Å². The molecule has 0 aliphatic heterocycles. The summed E-state index contributed by atoms with van der Waals surface area (Å²) in [7, 11) is 3.26. The lowest BCUT2D eigenvalue weighted by Crippen LogP contribution is -2.33. The van der Waals surface area contributed by atoms with E-state index in [9.17, 15) is 0 Å². The monoisotopic (exact) mass is 313 g/mol. The summed E-state index contributed by atoms with van der Waals surface area (Å²) >= 11 is 0. The van der Waals surface area contributed by atoms with Gasteiger partial charge in [-0.3, -0.25) is 0 Å². The largest absolute Gasteiger partial charge is 0.493 e. The van der Waals surface area contributed by atoms with E-state index < -0.39 is 0 Å². The van der Waals surface area contributed by atoms with Crippen molar-refractivity contribution < 1.29 is 9.47 Å². The Kier molecular flexibility index (Phi) is 6.29. The first-order valence-corrected chi connectivity index (χ1v) is 7.51. The first kappa shape index (κ1) is 16.7. The average Bonchev–Trinajstić information content (AvgIpc) is 2.60. The van der Waals surface area contributed by atoms with Crippen LogP contribution in [0.15, 0.2) is 53.5 Å². The Morgan fingerprint density at radius 3 is 2.43 bits per heavy atom. The van der Waals surface area contributed by atoms with Crippen molar-refractivity contribution in [3.05, 3.63) is 59.7 Å². The number of hydrogen-bond donors (Lipinski definition) is 2. The number of nitrogens with two attached hydrogens (primary N) is 1. The minimum Gasteiger partial charge on any atom is -0.493 e.